The maximum atomic E-state index is 12.0. The van der Waals surface area contributed by atoms with Gasteiger partial charge in [0.1, 0.15) is 5.01 Å². The molecule has 1 aromatic carbocycles. The number of ether oxygens (including phenoxy) is 2. The molecule has 8 nitrogen and oxygen atoms in total. The summed E-state index contributed by atoms with van der Waals surface area (Å²) in [6.45, 7) is 0. The number of aromatic nitrogens is 1. The second-order valence-corrected chi connectivity index (χ2v) is 8.23. The van der Waals surface area contributed by atoms with Gasteiger partial charge in [-0.05, 0) is 16.7 Å². The molecule has 23 heavy (non-hydrogen) atoms. The van der Waals surface area contributed by atoms with Crippen molar-refractivity contribution in [2.45, 2.75) is 4.21 Å². The van der Waals surface area contributed by atoms with Crippen molar-refractivity contribution in [3.05, 3.63) is 24.4 Å². The molecule has 0 spiro atoms. The Balaban J connectivity index is 2.38. The van der Waals surface area contributed by atoms with Crippen molar-refractivity contribution in [2.75, 3.05) is 20.5 Å². The van der Waals surface area contributed by atoms with Crippen LogP contribution in [0.2, 0.25) is 0 Å². The van der Waals surface area contributed by atoms with Gasteiger partial charge in [-0.1, -0.05) is 6.07 Å². The highest BCUT2D eigenvalue weighted by molar-refractivity contribution is 7.91. The van der Waals surface area contributed by atoms with Crippen molar-refractivity contribution in [1.29, 1.82) is 0 Å². The van der Waals surface area contributed by atoms with Gasteiger partial charge in [0.25, 0.3) is 10.0 Å². The molecule has 0 aliphatic heterocycles. The number of benzene rings is 1. The Labute approximate surface area is 138 Å². The quantitative estimate of drug-likeness (QED) is 0.707. The van der Waals surface area contributed by atoms with Gasteiger partial charge in [0.05, 0.1) is 26.0 Å². The summed E-state index contributed by atoms with van der Waals surface area (Å²) in [4.78, 5) is 12.8. The van der Waals surface area contributed by atoms with E-state index in [1.54, 1.807) is 18.2 Å². The molecule has 0 amide bonds. The van der Waals surface area contributed by atoms with Crippen molar-refractivity contribution < 1.29 is 27.3 Å². The number of para-hydroxylation sites is 1. The molecule has 0 saturated heterocycles. The van der Waals surface area contributed by atoms with Crippen molar-refractivity contribution >= 4 is 29.4 Å². The number of rotatable bonds is 7. The highest BCUT2D eigenvalue weighted by atomic mass is 32.2. The van der Waals surface area contributed by atoms with Gasteiger partial charge >= 0.3 is 8.03 Å². The minimum atomic E-state index is -3.89. The minimum Gasteiger partial charge on any atom is -0.493 e. The van der Waals surface area contributed by atoms with E-state index in [1.807, 2.05) is 4.72 Å². The maximum Gasteiger partial charge on any atom is 0.522 e. The molecule has 2 N–H and O–H groups in total. The van der Waals surface area contributed by atoms with E-state index in [9.17, 15) is 13.0 Å². The average Bonchev–Trinajstić information content (AvgIpc) is 3.02. The number of nitrogens with zero attached hydrogens (tertiary/aromatic N) is 1. The van der Waals surface area contributed by atoms with E-state index < -0.39 is 24.3 Å². The monoisotopic (exact) mass is 377 g/mol. The van der Waals surface area contributed by atoms with Crippen LogP contribution in [-0.2, 0) is 14.6 Å². The zero-order valence-electron chi connectivity index (χ0n) is 12.2. The van der Waals surface area contributed by atoms with Gasteiger partial charge in [-0.2, -0.15) is 9.62 Å². The molecule has 1 atom stereocenters. The lowest BCUT2D eigenvalue weighted by atomic mass is 10.2. The van der Waals surface area contributed by atoms with E-state index in [1.165, 1.54) is 20.4 Å². The molecule has 0 aliphatic rings. The summed E-state index contributed by atoms with van der Waals surface area (Å²) in [7, 11) is -3.51. The normalized spacial score (nSPS) is 12.0. The molecule has 2 aromatic rings. The van der Waals surface area contributed by atoms with Crippen molar-refractivity contribution in [1.82, 2.24) is 9.71 Å². The predicted octanol–water partition coefficient (Wildman–Crippen LogP) is 1.80. The first-order valence-corrected chi connectivity index (χ1v) is 9.89. The highest BCUT2D eigenvalue weighted by Crippen LogP contribution is 2.40. The van der Waals surface area contributed by atoms with E-state index in [-0.39, 0.29) is 4.21 Å². The number of nitrogens with one attached hydrogen (secondary N) is 1. The molecule has 1 aromatic heterocycles. The van der Waals surface area contributed by atoms with Gasteiger partial charge in [0.2, 0.25) is 6.29 Å². The van der Waals surface area contributed by atoms with Crippen LogP contribution < -0.4 is 14.2 Å². The summed E-state index contributed by atoms with van der Waals surface area (Å²) in [5, 5.41) is 0.425. The first kappa shape index (κ1) is 17.8. The minimum absolute atomic E-state index is 0.0609. The van der Waals surface area contributed by atoms with Gasteiger partial charge in [-0.25, -0.2) is 13.4 Å². The van der Waals surface area contributed by atoms with Crippen LogP contribution in [0, 0.1) is 0 Å². The third kappa shape index (κ3) is 4.04. The summed E-state index contributed by atoms with van der Waals surface area (Å²) in [6, 6.07) is 5.18. The summed E-state index contributed by atoms with van der Waals surface area (Å²) >= 11 is 0.920. The summed E-state index contributed by atoms with van der Waals surface area (Å²) < 4.78 is 47.2. The molecule has 0 saturated carbocycles. The molecule has 1 unspecified atom stereocenters. The Morgan fingerprint density at radius 1 is 1.35 bits per heavy atom. The van der Waals surface area contributed by atoms with Gasteiger partial charge in [0.15, 0.2) is 15.7 Å². The van der Waals surface area contributed by atoms with Crippen molar-refractivity contribution in [2.24, 2.45) is 0 Å². The fourth-order valence-electron chi connectivity index (χ4n) is 1.77. The molecule has 0 aliphatic carbocycles. The number of hydrogen-bond donors (Lipinski definition) is 2. The Morgan fingerprint density at radius 3 is 2.70 bits per heavy atom. The predicted molar refractivity (Wildman–Crippen MR) is 85.7 cm³/mol. The van der Waals surface area contributed by atoms with E-state index in [4.69, 9.17) is 14.4 Å². The molecule has 124 valence electrons. The van der Waals surface area contributed by atoms with Crippen molar-refractivity contribution in [3.63, 3.8) is 0 Å². The average molecular weight is 377 g/mol. The topological polar surface area (TPSA) is 115 Å². The Hall–Kier alpha value is -1.58. The Bertz CT molecular complexity index is 821. The lowest BCUT2D eigenvalue weighted by Gasteiger charge is -2.10. The molecule has 1 heterocycles. The van der Waals surface area contributed by atoms with E-state index in [0.717, 1.165) is 11.3 Å². The van der Waals surface area contributed by atoms with Gasteiger partial charge in [-0.3, -0.25) is 0 Å². The Kier molecular flexibility index (Phi) is 5.66. The van der Waals surface area contributed by atoms with Gasteiger partial charge in [-0.15, -0.1) is 11.3 Å². The number of sulfonamides is 1. The summed E-state index contributed by atoms with van der Waals surface area (Å²) in [5.74, 6) is 0.944. The molecule has 0 fully saturated rings. The molecular weight excluding hydrogens is 363 g/mol. The van der Waals surface area contributed by atoms with Crippen LogP contribution in [0.15, 0.2) is 28.6 Å². The van der Waals surface area contributed by atoms with E-state index >= 15 is 0 Å². The van der Waals surface area contributed by atoms with Crippen LogP contribution in [0.25, 0.3) is 10.6 Å². The fourth-order valence-corrected chi connectivity index (χ4v) is 4.75. The second kappa shape index (κ2) is 7.33. The summed E-state index contributed by atoms with van der Waals surface area (Å²) in [6.07, 6.45) is 0.638. The van der Waals surface area contributed by atoms with Crippen LogP contribution in [0.5, 0.6) is 11.5 Å². The van der Waals surface area contributed by atoms with Crippen LogP contribution >= 0.6 is 19.4 Å². The van der Waals surface area contributed by atoms with Crippen LogP contribution in [0.1, 0.15) is 0 Å². The standard InChI is InChI=1S/C12H13N2O6PS2/c1-19-9-5-3-4-8(11(9)20-2)12-13-6-10(22-12)23(17,18)14-7-21(15)16/h3-6,14H,7H2,1-2H3/p+1. The zero-order chi connectivity index (χ0) is 17.0. The molecule has 0 bridgehead atoms. The number of hydrogen-bond acceptors (Lipinski definition) is 7. The fraction of sp³-hybridized carbons (Fsp3) is 0.250. The van der Waals surface area contributed by atoms with Gasteiger partial charge < -0.3 is 9.47 Å². The third-order valence-corrected chi connectivity index (χ3v) is 6.31. The third-order valence-electron chi connectivity index (χ3n) is 2.77. The second-order valence-electron chi connectivity index (χ2n) is 4.18. The van der Waals surface area contributed by atoms with Crippen LogP contribution in [0.3, 0.4) is 0 Å². The first-order valence-electron chi connectivity index (χ1n) is 6.19. The number of methoxy groups -OCH3 is 2. The SMILES string of the molecule is COc1cccc(-c2ncc(S(=O)(=O)NC[P+](=O)O)s2)c1OC. The van der Waals surface area contributed by atoms with Crippen LogP contribution in [0.4, 0.5) is 0 Å². The van der Waals surface area contributed by atoms with Crippen molar-refractivity contribution in [3.8, 4) is 22.1 Å². The highest BCUT2D eigenvalue weighted by Gasteiger charge is 2.24. The Morgan fingerprint density at radius 2 is 2.09 bits per heavy atom. The van der Waals surface area contributed by atoms with E-state index in [0.29, 0.717) is 22.1 Å². The first-order chi connectivity index (χ1) is 10.9. The lowest BCUT2D eigenvalue weighted by molar-refractivity contribution is 0.356. The number of thiazole rings is 1. The lowest BCUT2D eigenvalue weighted by Crippen LogP contribution is -2.22. The molecule has 11 heteroatoms. The summed E-state index contributed by atoms with van der Waals surface area (Å²) in [5.41, 5.74) is 0.589. The smallest absolute Gasteiger partial charge is 0.493 e. The zero-order valence-corrected chi connectivity index (χ0v) is 14.7. The van der Waals surface area contributed by atoms with Crippen LogP contribution in [-0.4, -0.2) is 38.8 Å². The largest absolute Gasteiger partial charge is 0.522 e. The molecule has 2 rings (SSSR count). The van der Waals surface area contributed by atoms with Gasteiger partial charge in [0, 0.05) is 0 Å². The maximum absolute atomic E-state index is 12.0. The van der Waals surface area contributed by atoms with E-state index in [2.05, 4.69) is 4.98 Å². The molecular formula is C12H14N2O6PS2+. The molecule has 0 radical (unpaired) electrons.